The Morgan fingerprint density at radius 3 is 2.22 bits per heavy atom. The van der Waals surface area contributed by atoms with Gasteiger partial charge in [-0.3, -0.25) is 0 Å². The van der Waals surface area contributed by atoms with Crippen molar-refractivity contribution in [1.82, 2.24) is 5.32 Å². The summed E-state index contributed by atoms with van der Waals surface area (Å²) < 4.78 is 4.88. The number of carbonyl (C=O) groups is 1. The molecule has 1 fully saturated rings. The SMILES string of the molecule is C1CCNCC1.CCCCCCCOCC(=O)O. The van der Waals surface area contributed by atoms with Gasteiger partial charge >= 0.3 is 5.97 Å². The van der Waals surface area contributed by atoms with Crippen LogP contribution in [0, 0.1) is 0 Å². The molecule has 0 bridgehead atoms. The van der Waals surface area contributed by atoms with Gasteiger partial charge in [0.05, 0.1) is 0 Å². The number of aliphatic carboxylic acids is 1. The highest BCUT2D eigenvalue weighted by Crippen LogP contribution is 2.01. The highest BCUT2D eigenvalue weighted by atomic mass is 16.5. The van der Waals surface area contributed by atoms with Crippen LogP contribution < -0.4 is 5.32 Å². The Bertz CT molecular complexity index is 170. The summed E-state index contributed by atoms with van der Waals surface area (Å²) in [5.41, 5.74) is 0. The fourth-order valence-corrected chi connectivity index (χ4v) is 1.77. The summed E-state index contributed by atoms with van der Waals surface area (Å²) in [5, 5.41) is 11.5. The van der Waals surface area contributed by atoms with Gasteiger partial charge in [-0.1, -0.05) is 39.0 Å². The molecule has 0 spiro atoms. The molecule has 0 radical (unpaired) electrons. The van der Waals surface area contributed by atoms with Crippen LogP contribution in [-0.4, -0.2) is 37.4 Å². The fourth-order valence-electron chi connectivity index (χ4n) is 1.77. The highest BCUT2D eigenvalue weighted by Gasteiger charge is 1.95. The third kappa shape index (κ3) is 15.4. The van der Waals surface area contributed by atoms with E-state index in [9.17, 15) is 4.79 Å². The number of nitrogens with one attached hydrogen (secondary N) is 1. The lowest BCUT2D eigenvalue weighted by Crippen LogP contribution is -2.21. The van der Waals surface area contributed by atoms with Gasteiger partial charge in [0.2, 0.25) is 0 Å². The Hall–Kier alpha value is -0.610. The third-order valence-electron chi connectivity index (χ3n) is 2.82. The zero-order valence-electron chi connectivity index (χ0n) is 11.7. The van der Waals surface area contributed by atoms with Gasteiger partial charge in [0.25, 0.3) is 0 Å². The number of carboxylic acid groups (broad SMARTS) is 1. The van der Waals surface area contributed by atoms with E-state index in [4.69, 9.17) is 9.84 Å². The van der Waals surface area contributed by atoms with E-state index in [1.807, 2.05) is 0 Å². The number of carboxylic acids is 1. The molecule has 1 aliphatic rings. The summed E-state index contributed by atoms with van der Waals surface area (Å²) in [4.78, 5) is 10.0. The van der Waals surface area contributed by atoms with Crippen LogP contribution in [0.1, 0.15) is 58.3 Å². The van der Waals surface area contributed by atoms with E-state index in [2.05, 4.69) is 12.2 Å². The molecule has 1 rings (SSSR count). The first kappa shape index (κ1) is 17.4. The van der Waals surface area contributed by atoms with Gasteiger partial charge in [0.15, 0.2) is 0 Å². The zero-order valence-corrected chi connectivity index (χ0v) is 11.7. The molecule has 0 aromatic heterocycles. The maximum absolute atomic E-state index is 10.0. The smallest absolute Gasteiger partial charge is 0.329 e. The van der Waals surface area contributed by atoms with Crippen molar-refractivity contribution in [2.75, 3.05) is 26.3 Å². The Morgan fingerprint density at radius 2 is 1.78 bits per heavy atom. The van der Waals surface area contributed by atoms with Gasteiger partial charge < -0.3 is 15.2 Å². The molecule has 0 aromatic rings. The van der Waals surface area contributed by atoms with Crippen LogP contribution >= 0.6 is 0 Å². The minimum absolute atomic E-state index is 0.159. The fraction of sp³-hybridized carbons (Fsp3) is 0.929. The largest absolute Gasteiger partial charge is 0.480 e. The summed E-state index contributed by atoms with van der Waals surface area (Å²) in [6.07, 6.45) is 10.1. The van der Waals surface area contributed by atoms with E-state index in [-0.39, 0.29) is 6.61 Å². The van der Waals surface area contributed by atoms with Crippen LogP contribution in [0.3, 0.4) is 0 Å². The topological polar surface area (TPSA) is 58.6 Å². The monoisotopic (exact) mass is 259 g/mol. The minimum atomic E-state index is -0.886. The molecule has 0 amide bonds. The van der Waals surface area contributed by atoms with Crippen LogP contribution in [0.2, 0.25) is 0 Å². The molecule has 0 aliphatic carbocycles. The van der Waals surface area contributed by atoms with Crippen LogP contribution in [0.15, 0.2) is 0 Å². The molecule has 1 saturated heterocycles. The lowest BCUT2D eigenvalue weighted by atomic mass is 10.2. The molecule has 2 N–H and O–H groups in total. The van der Waals surface area contributed by atoms with Crippen molar-refractivity contribution in [3.63, 3.8) is 0 Å². The minimum Gasteiger partial charge on any atom is -0.480 e. The second kappa shape index (κ2) is 14.5. The van der Waals surface area contributed by atoms with Gasteiger partial charge in [0, 0.05) is 6.61 Å². The standard InChI is InChI=1S/C9H18O3.C5H11N/c1-2-3-4-5-6-7-12-8-9(10)11;1-2-4-6-5-3-1/h2-8H2,1H3,(H,10,11);6H,1-5H2. The quantitative estimate of drug-likeness (QED) is 0.658. The number of ether oxygens (including phenoxy) is 1. The van der Waals surface area contributed by atoms with Gasteiger partial charge in [-0.05, 0) is 32.4 Å². The van der Waals surface area contributed by atoms with E-state index < -0.39 is 5.97 Å². The number of rotatable bonds is 8. The number of piperidine rings is 1. The Labute approximate surface area is 111 Å². The molecule has 0 aromatic carbocycles. The average Bonchev–Trinajstić information content (AvgIpc) is 2.40. The third-order valence-corrected chi connectivity index (χ3v) is 2.82. The maximum atomic E-state index is 10.0. The van der Waals surface area contributed by atoms with Crippen LogP contribution in [0.25, 0.3) is 0 Å². The second-order valence-corrected chi connectivity index (χ2v) is 4.67. The molecule has 0 unspecified atom stereocenters. The first-order chi connectivity index (χ1) is 8.77. The summed E-state index contributed by atoms with van der Waals surface area (Å²) in [5.74, 6) is -0.886. The lowest BCUT2D eigenvalue weighted by Gasteiger charge is -2.08. The van der Waals surface area contributed by atoms with Gasteiger partial charge in [-0.2, -0.15) is 0 Å². The zero-order chi connectivity index (χ0) is 13.5. The molecule has 4 nitrogen and oxygen atoms in total. The molecule has 108 valence electrons. The van der Waals surface area contributed by atoms with Crippen molar-refractivity contribution in [1.29, 1.82) is 0 Å². The van der Waals surface area contributed by atoms with Crippen molar-refractivity contribution < 1.29 is 14.6 Å². The van der Waals surface area contributed by atoms with Gasteiger partial charge in [-0.25, -0.2) is 4.79 Å². The van der Waals surface area contributed by atoms with E-state index in [0.29, 0.717) is 6.61 Å². The van der Waals surface area contributed by atoms with E-state index in [0.717, 1.165) is 12.8 Å². The van der Waals surface area contributed by atoms with Crippen molar-refractivity contribution >= 4 is 5.97 Å². The first-order valence-electron chi connectivity index (χ1n) is 7.27. The van der Waals surface area contributed by atoms with E-state index >= 15 is 0 Å². The van der Waals surface area contributed by atoms with Crippen molar-refractivity contribution in [2.45, 2.75) is 58.3 Å². The average molecular weight is 259 g/mol. The molecule has 18 heavy (non-hydrogen) atoms. The van der Waals surface area contributed by atoms with E-state index in [1.165, 1.54) is 51.6 Å². The summed E-state index contributed by atoms with van der Waals surface area (Å²) in [7, 11) is 0. The molecular weight excluding hydrogens is 230 g/mol. The number of hydrogen-bond acceptors (Lipinski definition) is 3. The van der Waals surface area contributed by atoms with Crippen molar-refractivity contribution in [2.24, 2.45) is 0 Å². The lowest BCUT2D eigenvalue weighted by molar-refractivity contribution is -0.142. The molecule has 0 atom stereocenters. The Morgan fingerprint density at radius 1 is 1.11 bits per heavy atom. The summed E-state index contributed by atoms with van der Waals surface area (Å²) in [6.45, 7) is 5.09. The predicted molar refractivity (Wildman–Crippen MR) is 73.9 cm³/mol. The van der Waals surface area contributed by atoms with Gasteiger partial charge in [0.1, 0.15) is 6.61 Å². The molecule has 1 aliphatic heterocycles. The van der Waals surface area contributed by atoms with Crippen LogP contribution in [0.4, 0.5) is 0 Å². The molecular formula is C14H29NO3. The Balaban J connectivity index is 0.000000397. The van der Waals surface area contributed by atoms with Crippen molar-refractivity contribution in [3.05, 3.63) is 0 Å². The number of unbranched alkanes of at least 4 members (excludes halogenated alkanes) is 4. The van der Waals surface area contributed by atoms with Crippen molar-refractivity contribution in [3.8, 4) is 0 Å². The molecule has 0 saturated carbocycles. The second-order valence-electron chi connectivity index (χ2n) is 4.67. The first-order valence-corrected chi connectivity index (χ1v) is 7.27. The van der Waals surface area contributed by atoms with Gasteiger partial charge in [-0.15, -0.1) is 0 Å². The number of hydrogen-bond donors (Lipinski definition) is 2. The summed E-state index contributed by atoms with van der Waals surface area (Å²) >= 11 is 0. The molecule has 4 heteroatoms. The Kier molecular flexibility index (Phi) is 14.0. The van der Waals surface area contributed by atoms with Crippen LogP contribution in [-0.2, 0) is 9.53 Å². The summed E-state index contributed by atoms with van der Waals surface area (Å²) in [6, 6.07) is 0. The highest BCUT2D eigenvalue weighted by molar-refractivity contribution is 5.67. The maximum Gasteiger partial charge on any atom is 0.329 e. The molecule has 1 heterocycles. The predicted octanol–water partition coefficient (Wildman–Crippen LogP) is 2.82. The normalized spacial score (nSPS) is 14.7. The van der Waals surface area contributed by atoms with Crippen LogP contribution in [0.5, 0.6) is 0 Å². The van der Waals surface area contributed by atoms with E-state index in [1.54, 1.807) is 0 Å².